The average Bonchev–Trinajstić information content (AvgIpc) is 2.77. The lowest BCUT2D eigenvalue weighted by molar-refractivity contribution is 0.531. The first-order valence-electron chi connectivity index (χ1n) is 7.29. The van der Waals surface area contributed by atoms with Crippen LogP contribution in [-0.4, -0.2) is 9.78 Å². The fraction of sp³-hybridized carbons (Fsp3) is 0.471. The third-order valence-electron chi connectivity index (χ3n) is 3.56. The van der Waals surface area contributed by atoms with Gasteiger partial charge in [0.25, 0.3) is 0 Å². The van der Waals surface area contributed by atoms with Gasteiger partial charge in [-0.1, -0.05) is 48.8 Å². The maximum atomic E-state index is 4.62. The summed E-state index contributed by atoms with van der Waals surface area (Å²) in [6.45, 7) is 9.63. The van der Waals surface area contributed by atoms with Crippen LogP contribution in [0.5, 0.6) is 0 Å². The van der Waals surface area contributed by atoms with Gasteiger partial charge in [0, 0.05) is 41.3 Å². The summed E-state index contributed by atoms with van der Waals surface area (Å²) in [5.74, 6) is 0. The first kappa shape index (κ1) is 16.2. The van der Waals surface area contributed by atoms with E-state index in [-0.39, 0.29) is 5.41 Å². The Bertz CT molecular complexity index is 611. The van der Waals surface area contributed by atoms with Crippen LogP contribution in [0.4, 0.5) is 0 Å². The highest BCUT2D eigenvalue weighted by Crippen LogP contribution is 2.25. The molecule has 0 amide bonds. The van der Waals surface area contributed by atoms with Gasteiger partial charge in [-0.25, -0.2) is 0 Å². The Hall–Kier alpha value is -1.13. The summed E-state index contributed by atoms with van der Waals surface area (Å²) in [5, 5.41) is 8.21. The molecule has 0 aliphatic heterocycles. The van der Waals surface area contributed by atoms with E-state index in [1.54, 1.807) is 0 Å². The Kier molecular flexibility index (Phi) is 4.89. The van der Waals surface area contributed by atoms with E-state index in [4.69, 9.17) is 0 Å². The van der Waals surface area contributed by atoms with Crippen molar-refractivity contribution in [2.45, 2.75) is 45.7 Å². The van der Waals surface area contributed by atoms with Crippen molar-refractivity contribution in [1.29, 1.82) is 0 Å². The summed E-state index contributed by atoms with van der Waals surface area (Å²) >= 11 is 3.53. The molecular weight excluding hydrogens is 326 g/mol. The molecule has 2 rings (SSSR count). The zero-order valence-corrected chi connectivity index (χ0v) is 15.0. The van der Waals surface area contributed by atoms with E-state index in [2.05, 4.69) is 84.5 Å². The van der Waals surface area contributed by atoms with Gasteiger partial charge in [-0.2, -0.15) is 5.10 Å². The van der Waals surface area contributed by atoms with Crippen molar-refractivity contribution in [1.82, 2.24) is 15.1 Å². The quantitative estimate of drug-likeness (QED) is 0.889. The molecule has 4 heteroatoms. The van der Waals surface area contributed by atoms with E-state index in [0.717, 1.165) is 11.0 Å². The van der Waals surface area contributed by atoms with Crippen molar-refractivity contribution in [2.24, 2.45) is 7.05 Å². The van der Waals surface area contributed by atoms with Crippen LogP contribution >= 0.6 is 15.9 Å². The normalized spacial score (nSPS) is 13.4. The Morgan fingerprint density at radius 2 is 2.05 bits per heavy atom. The van der Waals surface area contributed by atoms with Gasteiger partial charge < -0.3 is 5.32 Å². The van der Waals surface area contributed by atoms with E-state index in [9.17, 15) is 0 Å². The second-order valence-corrected chi connectivity index (χ2v) is 7.50. The molecule has 1 aromatic heterocycles. The van der Waals surface area contributed by atoms with Gasteiger partial charge in [0.1, 0.15) is 0 Å². The molecule has 0 unspecified atom stereocenters. The molecule has 1 atom stereocenters. The number of benzene rings is 1. The SMILES string of the molecule is C[C@@H](NCc1cn(C)nc1C(C)(C)C)c1cccc(Br)c1. The number of nitrogens with zero attached hydrogens (tertiary/aromatic N) is 2. The van der Waals surface area contributed by atoms with Crippen molar-refractivity contribution in [2.75, 3.05) is 0 Å². The zero-order chi connectivity index (χ0) is 15.6. The zero-order valence-electron chi connectivity index (χ0n) is 13.4. The van der Waals surface area contributed by atoms with Crippen LogP contribution in [0, 0.1) is 0 Å². The number of hydrogen-bond acceptors (Lipinski definition) is 2. The molecule has 0 radical (unpaired) electrons. The van der Waals surface area contributed by atoms with Crippen molar-refractivity contribution >= 4 is 15.9 Å². The van der Waals surface area contributed by atoms with Gasteiger partial charge in [-0.05, 0) is 24.6 Å². The molecule has 3 nitrogen and oxygen atoms in total. The highest BCUT2D eigenvalue weighted by Gasteiger charge is 2.21. The molecule has 0 fully saturated rings. The number of nitrogens with one attached hydrogen (secondary N) is 1. The fourth-order valence-corrected chi connectivity index (χ4v) is 2.87. The maximum Gasteiger partial charge on any atom is 0.0722 e. The Morgan fingerprint density at radius 3 is 2.67 bits per heavy atom. The Labute approximate surface area is 135 Å². The highest BCUT2D eigenvalue weighted by atomic mass is 79.9. The van der Waals surface area contributed by atoms with Crippen LogP contribution in [0.15, 0.2) is 34.9 Å². The second kappa shape index (κ2) is 6.32. The molecule has 0 aliphatic carbocycles. The molecule has 21 heavy (non-hydrogen) atoms. The van der Waals surface area contributed by atoms with Crippen molar-refractivity contribution < 1.29 is 0 Å². The number of halogens is 1. The van der Waals surface area contributed by atoms with Crippen LogP contribution in [0.3, 0.4) is 0 Å². The molecule has 0 saturated heterocycles. The van der Waals surface area contributed by atoms with E-state index in [1.807, 2.05) is 11.7 Å². The molecule has 1 heterocycles. The van der Waals surface area contributed by atoms with Crippen LogP contribution in [0.2, 0.25) is 0 Å². The first-order valence-corrected chi connectivity index (χ1v) is 8.08. The lowest BCUT2D eigenvalue weighted by atomic mass is 9.89. The highest BCUT2D eigenvalue weighted by molar-refractivity contribution is 9.10. The van der Waals surface area contributed by atoms with Gasteiger partial charge in [-0.3, -0.25) is 4.68 Å². The number of rotatable bonds is 4. The van der Waals surface area contributed by atoms with E-state index < -0.39 is 0 Å². The summed E-state index contributed by atoms with van der Waals surface area (Å²) in [6, 6.07) is 8.73. The molecule has 114 valence electrons. The van der Waals surface area contributed by atoms with Crippen molar-refractivity contribution in [3.63, 3.8) is 0 Å². The fourth-order valence-electron chi connectivity index (χ4n) is 2.46. The van der Waals surface area contributed by atoms with Crippen LogP contribution in [-0.2, 0) is 19.0 Å². The van der Waals surface area contributed by atoms with E-state index >= 15 is 0 Å². The third-order valence-corrected chi connectivity index (χ3v) is 4.06. The molecular formula is C17H24BrN3. The monoisotopic (exact) mass is 349 g/mol. The molecule has 1 aromatic carbocycles. The van der Waals surface area contributed by atoms with E-state index in [1.165, 1.54) is 16.8 Å². The Morgan fingerprint density at radius 1 is 1.33 bits per heavy atom. The maximum absolute atomic E-state index is 4.62. The first-order chi connectivity index (χ1) is 9.77. The standard InChI is InChI=1S/C17H24BrN3/c1-12(13-7-6-8-15(18)9-13)19-10-14-11-21(5)20-16(14)17(2,3)4/h6-9,11-12,19H,10H2,1-5H3/t12-/m1/s1. The summed E-state index contributed by atoms with van der Waals surface area (Å²) in [5.41, 5.74) is 3.79. The molecule has 1 N–H and O–H groups in total. The number of hydrogen-bond donors (Lipinski definition) is 1. The van der Waals surface area contributed by atoms with Gasteiger partial charge >= 0.3 is 0 Å². The molecule has 2 aromatic rings. The van der Waals surface area contributed by atoms with Crippen molar-refractivity contribution in [3.8, 4) is 0 Å². The second-order valence-electron chi connectivity index (χ2n) is 6.58. The van der Waals surface area contributed by atoms with E-state index in [0.29, 0.717) is 6.04 Å². The largest absolute Gasteiger partial charge is 0.306 e. The van der Waals surface area contributed by atoms with Crippen molar-refractivity contribution in [3.05, 3.63) is 51.8 Å². The molecule has 0 saturated carbocycles. The summed E-state index contributed by atoms with van der Waals surface area (Å²) in [6.07, 6.45) is 2.11. The average molecular weight is 350 g/mol. The predicted molar refractivity (Wildman–Crippen MR) is 91.3 cm³/mol. The van der Waals surface area contributed by atoms with Crippen LogP contribution < -0.4 is 5.32 Å². The molecule has 0 aliphatic rings. The lowest BCUT2D eigenvalue weighted by Crippen LogP contribution is -2.21. The Balaban J connectivity index is 2.10. The summed E-state index contributed by atoms with van der Waals surface area (Å²) < 4.78 is 3.02. The van der Waals surface area contributed by atoms with Gasteiger partial charge in [0.2, 0.25) is 0 Å². The van der Waals surface area contributed by atoms with Gasteiger partial charge in [0.15, 0.2) is 0 Å². The smallest absolute Gasteiger partial charge is 0.0722 e. The summed E-state index contributed by atoms with van der Waals surface area (Å²) in [7, 11) is 1.98. The minimum Gasteiger partial charge on any atom is -0.306 e. The van der Waals surface area contributed by atoms with Gasteiger partial charge in [0.05, 0.1) is 5.69 Å². The number of aromatic nitrogens is 2. The minimum atomic E-state index is 0.0668. The lowest BCUT2D eigenvalue weighted by Gasteiger charge is -2.19. The number of aryl methyl sites for hydroxylation is 1. The summed E-state index contributed by atoms with van der Waals surface area (Å²) in [4.78, 5) is 0. The molecule has 0 bridgehead atoms. The predicted octanol–water partition coefficient (Wildman–Crippen LogP) is 4.33. The minimum absolute atomic E-state index is 0.0668. The molecule has 0 spiro atoms. The topological polar surface area (TPSA) is 29.9 Å². The van der Waals surface area contributed by atoms with Crippen LogP contribution in [0.25, 0.3) is 0 Å². The van der Waals surface area contributed by atoms with Crippen LogP contribution in [0.1, 0.15) is 50.6 Å². The third kappa shape index (κ3) is 4.17. The van der Waals surface area contributed by atoms with Gasteiger partial charge in [-0.15, -0.1) is 0 Å².